The Hall–Kier alpha value is -1.74. The molecule has 1 N–H and O–H groups in total. The summed E-state index contributed by atoms with van der Waals surface area (Å²) in [7, 11) is 0. The fourth-order valence-electron chi connectivity index (χ4n) is 2.80. The molecule has 1 aliphatic rings. The van der Waals surface area contributed by atoms with Crippen molar-refractivity contribution in [2.75, 3.05) is 18.0 Å². The lowest BCUT2D eigenvalue weighted by Crippen LogP contribution is -2.35. The Labute approximate surface area is 114 Å². The van der Waals surface area contributed by atoms with Gasteiger partial charge in [0, 0.05) is 36.9 Å². The topological polar surface area (TPSA) is 28.4 Å². The van der Waals surface area contributed by atoms with Crippen LogP contribution in [0.25, 0.3) is 0 Å². The maximum atomic E-state index is 5.06. The van der Waals surface area contributed by atoms with Crippen molar-refractivity contribution < 1.29 is 4.42 Å². The Kier molecular flexibility index (Phi) is 3.56. The lowest BCUT2D eigenvalue weighted by atomic mass is 10.1. The standard InChI is InChI=1S/C16H20N2O/c1-13-10-15-4-2-3-5-16(15)18(13)8-7-17-11-14-6-9-19-12-14/h2-6,9,12-13,17H,7-8,10-11H2,1H3. The third kappa shape index (κ3) is 2.66. The van der Waals surface area contributed by atoms with E-state index < -0.39 is 0 Å². The van der Waals surface area contributed by atoms with Crippen molar-refractivity contribution >= 4 is 5.69 Å². The summed E-state index contributed by atoms with van der Waals surface area (Å²) in [4.78, 5) is 2.50. The first-order valence-electron chi connectivity index (χ1n) is 6.91. The first-order chi connectivity index (χ1) is 9.34. The van der Waals surface area contributed by atoms with E-state index in [1.165, 1.54) is 16.8 Å². The molecule has 2 aromatic rings. The van der Waals surface area contributed by atoms with Crippen LogP contribution < -0.4 is 10.2 Å². The minimum Gasteiger partial charge on any atom is -0.472 e. The molecule has 0 amide bonds. The SMILES string of the molecule is CC1Cc2ccccc2N1CCNCc1ccoc1. The van der Waals surface area contributed by atoms with E-state index in [1.807, 2.05) is 6.07 Å². The molecule has 1 aromatic heterocycles. The normalized spacial score (nSPS) is 17.7. The summed E-state index contributed by atoms with van der Waals surface area (Å²) in [6.45, 7) is 5.22. The molecule has 0 radical (unpaired) electrons. The Balaban J connectivity index is 1.53. The second-order valence-electron chi connectivity index (χ2n) is 5.18. The number of fused-ring (bicyclic) bond motifs is 1. The van der Waals surface area contributed by atoms with E-state index in [0.717, 1.165) is 26.1 Å². The second-order valence-corrected chi connectivity index (χ2v) is 5.18. The molecule has 100 valence electrons. The van der Waals surface area contributed by atoms with Gasteiger partial charge in [-0.05, 0) is 31.0 Å². The van der Waals surface area contributed by atoms with Crippen LogP contribution in [-0.2, 0) is 13.0 Å². The molecule has 0 fully saturated rings. The summed E-state index contributed by atoms with van der Waals surface area (Å²) in [6, 6.07) is 11.3. The molecule has 3 rings (SSSR count). The molecule has 1 aliphatic heterocycles. The van der Waals surface area contributed by atoms with Crippen molar-refractivity contribution in [1.29, 1.82) is 0 Å². The van der Waals surface area contributed by atoms with E-state index in [2.05, 4.69) is 41.4 Å². The molecule has 0 saturated heterocycles. The van der Waals surface area contributed by atoms with Gasteiger partial charge in [0.2, 0.25) is 0 Å². The van der Waals surface area contributed by atoms with Gasteiger partial charge in [0.1, 0.15) is 0 Å². The van der Waals surface area contributed by atoms with Gasteiger partial charge in [0.25, 0.3) is 0 Å². The Bertz CT molecular complexity index is 521. The zero-order valence-corrected chi connectivity index (χ0v) is 11.3. The monoisotopic (exact) mass is 256 g/mol. The largest absolute Gasteiger partial charge is 0.472 e. The molecule has 3 heteroatoms. The van der Waals surface area contributed by atoms with E-state index in [1.54, 1.807) is 12.5 Å². The molecule has 3 nitrogen and oxygen atoms in total. The zero-order valence-electron chi connectivity index (χ0n) is 11.3. The number of nitrogens with zero attached hydrogens (tertiary/aromatic N) is 1. The van der Waals surface area contributed by atoms with Crippen molar-refractivity contribution in [3.63, 3.8) is 0 Å². The highest BCUT2D eigenvalue weighted by Gasteiger charge is 2.24. The highest BCUT2D eigenvalue weighted by atomic mass is 16.3. The van der Waals surface area contributed by atoms with Crippen molar-refractivity contribution in [2.45, 2.75) is 25.9 Å². The Morgan fingerprint density at radius 1 is 1.32 bits per heavy atom. The van der Waals surface area contributed by atoms with Crippen LogP contribution in [0.5, 0.6) is 0 Å². The summed E-state index contributed by atoms with van der Waals surface area (Å²) < 4.78 is 5.06. The van der Waals surface area contributed by atoms with Gasteiger partial charge in [-0.25, -0.2) is 0 Å². The summed E-state index contributed by atoms with van der Waals surface area (Å²) in [5.41, 5.74) is 4.08. The van der Waals surface area contributed by atoms with Gasteiger partial charge in [0.05, 0.1) is 12.5 Å². The number of benzene rings is 1. The van der Waals surface area contributed by atoms with Gasteiger partial charge in [-0.3, -0.25) is 0 Å². The molecule has 0 aliphatic carbocycles. The average molecular weight is 256 g/mol. The maximum absolute atomic E-state index is 5.06. The first kappa shape index (κ1) is 12.3. The minimum absolute atomic E-state index is 0.605. The van der Waals surface area contributed by atoms with Gasteiger partial charge < -0.3 is 14.6 Å². The number of anilines is 1. The number of furan rings is 1. The van der Waals surface area contributed by atoms with Crippen LogP contribution in [-0.4, -0.2) is 19.1 Å². The Morgan fingerprint density at radius 2 is 2.21 bits per heavy atom. The van der Waals surface area contributed by atoms with E-state index >= 15 is 0 Å². The quantitative estimate of drug-likeness (QED) is 0.834. The predicted molar refractivity (Wildman–Crippen MR) is 77.4 cm³/mol. The van der Waals surface area contributed by atoms with Crippen molar-refractivity contribution in [1.82, 2.24) is 5.32 Å². The molecule has 2 heterocycles. The fourth-order valence-corrected chi connectivity index (χ4v) is 2.80. The van der Waals surface area contributed by atoms with Crippen LogP contribution in [0.3, 0.4) is 0 Å². The van der Waals surface area contributed by atoms with Gasteiger partial charge in [-0.1, -0.05) is 18.2 Å². The molecule has 1 atom stereocenters. The van der Waals surface area contributed by atoms with E-state index in [9.17, 15) is 0 Å². The van der Waals surface area contributed by atoms with Crippen molar-refractivity contribution in [2.24, 2.45) is 0 Å². The lowest BCUT2D eigenvalue weighted by Gasteiger charge is -2.25. The highest BCUT2D eigenvalue weighted by Crippen LogP contribution is 2.31. The van der Waals surface area contributed by atoms with Gasteiger partial charge in [-0.2, -0.15) is 0 Å². The predicted octanol–water partition coefficient (Wildman–Crippen LogP) is 2.82. The maximum Gasteiger partial charge on any atom is 0.0947 e. The third-order valence-electron chi connectivity index (χ3n) is 3.79. The molecule has 0 saturated carbocycles. The number of rotatable bonds is 5. The fraction of sp³-hybridized carbons (Fsp3) is 0.375. The summed E-state index contributed by atoms with van der Waals surface area (Å²) in [5.74, 6) is 0. The highest BCUT2D eigenvalue weighted by molar-refractivity contribution is 5.59. The van der Waals surface area contributed by atoms with E-state index in [4.69, 9.17) is 4.42 Å². The zero-order chi connectivity index (χ0) is 13.1. The van der Waals surface area contributed by atoms with Gasteiger partial charge in [0.15, 0.2) is 0 Å². The van der Waals surface area contributed by atoms with Gasteiger partial charge >= 0.3 is 0 Å². The number of nitrogens with one attached hydrogen (secondary N) is 1. The summed E-state index contributed by atoms with van der Waals surface area (Å²) in [5, 5.41) is 3.46. The molecular weight excluding hydrogens is 236 g/mol. The molecule has 1 aromatic carbocycles. The molecule has 0 spiro atoms. The molecule has 19 heavy (non-hydrogen) atoms. The minimum atomic E-state index is 0.605. The smallest absolute Gasteiger partial charge is 0.0947 e. The average Bonchev–Trinajstić information content (AvgIpc) is 3.02. The van der Waals surface area contributed by atoms with Gasteiger partial charge in [-0.15, -0.1) is 0 Å². The van der Waals surface area contributed by atoms with E-state index in [-0.39, 0.29) is 0 Å². The van der Waals surface area contributed by atoms with Crippen molar-refractivity contribution in [3.05, 3.63) is 54.0 Å². The van der Waals surface area contributed by atoms with Crippen LogP contribution in [0.15, 0.2) is 47.3 Å². The molecule has 1 unspecified atom stereocenters. The van der Waals surface area contributed by atoms with Crippen LogP contribution >= 0.6 is 0 Å². The third-order valence-corrected chi connectivity index (χ3v) is 3.79. The summed E-state index contributed by atoms with van der Waals surface area (Å²) in [6.07, 6.45) is 4.68. The number of hydrogen-bond donors (Lipinski definition) is 1. The Morgan fingerprint density at radius 3 is 3.05 bits per heavy atom. The number of para-hydroxylation sites is 1. The van der Waals surface area contributed by atoms with Crippen LogP contribution in [0.1, 0.15) is 18.1 Å². The first-order valence-corrected chi connectivity index (χ1v) is 6.91. The molecule has 0 bridgehead atoms. The number of hydrogen-bond acceptors (Lipinski definition) is 3. The lowest BCUT2D eigenvalue weighted by molar-refractivity contribution is 0.559. The van der Waals surface area contributed by atoms with Crippen LogP contribution in [0, 0.1) is 0 Å². The summed E-state index contributed by atoms with van der Waals surface area (Å²) >= 11 is 0. The second kappa shape index (κ2) is 5.49. The molecular formula is C16H20N2O. The van der Waals surface area contributed by atoms with Crippen LogP contribution in [0.2, 0.25) is 0 Å². The van der Waals surface area contributed by atoms with Crippen LogP contribution in [0.4, 0.5) is 5.69 Å². The van der Waals surface area contributed by atoms with Crippen molar-refractivity contribution in [3.8, 4) is 0 Å². The van der Waals surface area contributed by atoms with E-state index in [0.29, 0.717) is 6.04 Å².